The minimum atomic E-state index is -0.897. The molecule has 2 amide bonds. The Kier molecular flexibility index (Phi) is 5.53. The normalized spacial score (nSPS) is 18.9. The second-order valence-corrected chi connectivity index (χ2v) is 6.50. The maximum Gasteiger partial charge on any atom is 0.305 e. The molecule has 114 valence electrons. The topological polar surface area (TPSA) is 86.7 Å². The van der Waals surface area contributed by atoms with Gasteiger partial charge in [0.25, 0.3) is 0 Å². The molecule has 0 saturated carbocycles. The van der Waals surface area contributed by atoms with Crippen LogP contribution in [0.3, 0.4) is 0 Å². The SMILES string of the molecule is CC(C)(C)CC(=O)NCC(=O)N1CCCC1CC(=O)O. The second-order valence-electron chi connectivity index (χ2n) is 6.50. The molecule has 20 heavy (non-hydrogen) atoms. The van der Waals surface area contributed by atoms with Gasteiger partial charge in [0.15, 0.2) is 0 Å². The van der Waals surface area contributed by atoms with E-state index in [0.717, 1.165) is 6.42 Å². The first-order valence-corrected chi connectivity index (χ1v) is 6.97. The Morgan fingerprint density at radius 2 is 1.95 bits per heavy atom. The molecule has 2 N–H and O–H groups in total. The standard InChI is InChI=1S/C14H24N2O4/c1-14(2,3)8-11(17)15-9-12(18)16-6-4-5-10(16)7-13(19)20/h10H,4-9H2,1-3H3,(H,15,17)(H,19,20). The van der Waals surface area contributed by atoms with Gasteiger partial charge in [0, 0.05) is 19.0 Å². The molecule has 0 bridgehead atoms. The molecule has 1 heterocycles. The lowest BCUT2D eigenvalue weighted by Gasteiger charge is -2.24. The smallest absolute Gasteiger partial charge is 0.305 e. The van der Waals surface area contributed by atoms with Crippen LogP contribution in [0, 0.1) is 5.41 Å². The monoisotopic (exact) mass is 284 g/mol. The van der Waals surface area contributed by atoms with Crippen molar-refractivity contribution in [2.45, 2.75) is 52.5 Å². The fraction of sp³-hybridized carbons (Fsp3) is 0.786. The summed E-state index contributed by atoms with van der Waals surface area (Å²) in [4.78, 5) is 36.0. The third kappa shape index (κ3) is 5.59. The lowest BCUT2D eigenvalue weighted by atomic mass is 9.92. The zero-order valence-corrected chi connectivity index (χ0v) is 12.4. The quantitative estimate of drug-likeness (QED) is 0.788. The Hall–Kier alpha value is -1.59. The van der Waals surface area contributed by atoms with E-state index < -0.39 is 5.97 Å². The molecule has 1 rings (SSSR count). The van der Waals surface area contributed by atoms with Gasteiger partial charge in [-0.05, 0) is 18.3 Å². The number of hydrogen-bond acceptors (Lipinski definition) is 3. The van der Waals surface area contributed by atoms with Crippen LogP contribution in [-0.4, -0.2) is 46.9 Å². The summed E-state index contributed by atoms with van der Waals surface area (Å²) in [6.45, 7) is 6.39. The van der Waals surface area contributed by atoms with Crippen molar-refractivity contribution in [3.63, 3.8) is 0 Å². The lowest BCUT2D eigenvalue weighted by molar-refractivity contribution is -0.140. The van der Waals surface area contributed by atoms with E-state index in [9.17, 15) is 14.4 Å². The van der Waals surface area contributed by atoms with Crippen molar-refractivity contribution in [3.8, 4) is 0 Å². The number of carbonyl (C=O) groups is 3. The van der Waals surface area contributed by atoms with Crippen LogP contribution < -0.4 is 5.32 Å². The van der Waals surface area contributed by atoms with Crippen molar-refractivity contribution in [2.24, 2.45) is 5.41 Å². The fourth-order valence-corrected chi connectivity index (χ4v) is 2.40. The highest BCUT2D eigenvalue weighted by Gasteiger charge is 2.30. The van der Waals surface area contributed by atoms with Crippen LogP contribution >= 0.6 is 0 Å². The summed E-state index contributed by atoms with van der Waals surface area (Å²) in [5, 5.41) is 11.4. The summed E-state index contributed by atoms with van der Waals surface area (Å²) < 4.78 is 0. The zero-order chi connectivity index (χ0) is 15.3. The van der Waals surface area contributed by atoms with Crippen molar-refractivity contribution in [1.29, 1.82) is 0 Å². The molecule has 0 aromatic heterocycles. The Balaban J connectivity index is 2.42. The highest BCUT2D eigenvalue weighted by Crippen LogP contribution is 2.20. The fourth-order valence-electron chi connectivity index (χ4n) is 2.40. The first-order valence-electron chi connectivity index (χ1n) is 6.97. The van der Waals surface area contributed by atoms with E-state index in [1.54, 1.807) is 4.90 Å². The van der Waals surface area contributed by atoms with Crippen LogP contribution in [0.1, 0.15) is 46.5 Å². The molecular formula is C14H24N2O4. The van der Waals surface area contributed by atoms with Crippen LogP contribution in [0.2, 0.25) is 0 Å². The van der Waals surface area contributed by atoms with Gasteiger partial charge in [0.1, 0.15) is 0 Å². The number of rotatable bonds is 5. The number of carboxylic acids is 1. The molecule has 0 radical (unpaired) electrons. The predicted octanol–water partition coefficient (Wildman–Crippen LogP) is 1.00. The first kappa shape index (κ1) is 16.5. The third-order valence-electron chi connectivity index (χ3n) is 3.24. The van der Waals surface area contributed by atoms with E-state index in [2.05, 4.69) is 5.32 Å². The second kappa shape index (κ2) is 6.72. The van der Waals surface area contributed by atoms with E-state index in [4.69, 9.17) is 5.11 Å². The van der Waals surface area contributed by atoms with Crippen molar-refractivity contribution in [1.82, 2.24) is 10.2 Å². The summed E-state index contributed by atoms with van der Waals surface area (Å²) in [5.41, 5.74) is -0.118. The molecule has 0 spiro atoms. The van der Waals surface area contributed by atoms with Gasteiger partial charge in [-0.2, -0.15) is 0 Å². The van der Waals surface area contributed by atoms with E-state index in [-0.39, 0.29) is 36.2 Å². The molecule has 0 aromatic rings. The highest BCUT2D eigenvalue weighted by atomic mass is 16.4. The van der Waals surface area contributed by atoms with Crippen molar-refractivity contribution in [2.75, 3.05) is 13.1 Å². The number of nitrogens with one attached hydrogen (secondary N) is 1. The maximum absolute atomic E-state index is 12.0. The number of aliphatic carboxylic acids is 1. The summed E-state index contributed by atoms with van der Waals surface area (Å²) >= 11 is 0. The van der Waals surface area contributed by atoms with Gasteiger partial charge in [-0.3, -0.25) is 14.4 Å². The van der Waals surface area contributed by atoms with Gasteiger partial charge in [0.05, 0.1) is 13.0 Å². The lowest BCUT2D eigenvalue weighted by Crippen LogP contribution is -2.43. The summed E-state index contributed by atoms with van der Waals surface area (Å²) in [5.74, 6) is -1.25. The molecule has 0 aliphatic carbocycles. The van der Waals surface area contributed by atoms with Gasteiger partial charge in [0.2, 0.25) is 11.8 Å². The highest BCUT2D eigenvalue weighted by molar-refractivity contribution is 5.85. The Morgan fingerprint density at radius 1 is 1.30 bits per heavy atom. The molecule has 1 aliphatic heterocycles. The van der Waals surface area contributed by atoms with Crippen LogP contribution in [0.15, 0.2) is 0 Å². The van der Waals surface area contributed by atoms with Crippen LogP contribution in [0.4, 0.5) is 0 Å². The minimum absolute atomic E-state index is 0.0261. The van der Waals surface area contributed by atoms with E-state index in [1.165, 1.54) is 0 Å². The summed E-state index contributed by atoms with van der Waals surface area (Å²) in [7, 11) is 0. The number of nitrogens with zero attached hydrogens (tertiary/aromatic N) is 1. The molecule has 1 atom stereocenters. The average Bonchev–Trinajstić information content (AvgIpc) is 2.70. The number of carbonyl (C=O) groups excluding carboxylic acids is 2. The number of likely N-dealkylation sites (tertiary alicyclic amines) is 1. The molecule has 1 unspecified atom stereocenters. The van der Waals surface area contributed by atoms with E-state index in [0.29, 0.717) is 19.4 Å². The first-order chi connectivity index (χ1) is 9.19. The largest absolute Gasteiger partial charge is 0.481 e. The Bertz CT molecular complexity index is 387. The summed E-state index contributed by atoms with van der Waals surface area (Å²) in [6, 6.07) is -0.237. The molecule has 1 saturated heterocycles. The predicted molar refractivity (Wildman–Crippen MR) is 74.1 cm³/mol. The van der Waals surface area contributed by atoms with Gasteiger partial charge >= 0.3 is 5.97 Å². The zero-order valence-electron chi connectivity index (χ0n) is 12.4. The molecular weight excluding hydrogens is 260 g/mol. The number of hydrogen-bond donors (Lipinski definition) is 2. The van der Waals surface area contributed by atoms with Crippen molar-refractivity contribution >= 4 is 17.8 Å². The van der Waals surface area contributed by atoms with Gasteiger partial charge < -0.3 is 15.3 Å². The van der Waals surface area contributed by atoms with Crippen LogP contribution in [-0.2, 0) is 14.4 Å². The molecule has 1 fully saturated rings. The molecule has 1 aliphatic rings. The molecule has 6 nitrogen and oxygen atoms in total. The maximum atomic E-state index is 12.0. The van der Waals surface area contributed by atoms with Gasteiger partial charge in [-0.1, -0.05) is 20.8 Å². The van der Waals surface area contributed by atoms with E-state index in [1.807, 2.05) is 20.8 Å². The average molecular weight is 284 g/mol. The summed E-state index contributed by atoms with van der Waals surface area (Å²) in [6.07, 6.45) is 1.87. The third-order valence-corrected chi connectivity index (χ3v) is 3.24. The van der Waals surface area contributed by atoms with Crippen molar-refractivity contribution < 1.29 is 19.5 Å². The van der Waals surface area contributed by atoms with Gasteiger partial charge in [-0.15, -0.1) is 0 Å². The van der Waals surface area contributed by atoms with Gasteiger partial charge in [-0.25, -0.2) is 0 Å². The van der Waals surface area contributed by atoms with E-state index >= 15 is 0 Å². The Morgan fingerprint density at radius 3 is 2.50 bits per heavy atom. The molecule has 0 aromatic carbocycles. The van der Waals surface area contributed by atoms with Crippen LogP contribution in [0.5, 0.6) is 0 Å². The van der Waals surface area contributed by atoms with Crippen molar-refractivity contribution in [3.05, 3.63) is 0 Å². The number of amides is 2. The Labute approximate surface area is 119 Å². The van der Waals surface area contributed by atoms with Crippen LogP contribution in [0.25, 0.3) is 0 Å². The number of carboxylic acid groups (broad SMARTS) is 1. The minimum Gasteiger partial charge on any atom is -0.481 e. The molecule has 6 heteroatoms.